The summed E-state index contributed by atoms with van der Waals surface area (Å²) in [6.45, 7) is 4.14. The van der Waals surface area contributed by atoms with Crippen molar-refractivity contribution in [3.8, 4) is 0 Å². The second-order valence-electron chi connectivity index (χ2n) is 6.72. The minimum absolute atomic E-state index is 0.0241. The SMILES string of the molecule is CC1(C)CC(=O)C/C(=N\NC(=O)C2CCCCC2)C1. The molecule has 0 atom stereocenters. The summed E-state index contributed by atoms with van der Waals surface area (Å²) in [7, 11) is 0. The maximum absolute atomic E-state index is 12.0. The summed E-state index contributed by atoms with van der Waals surface area (Å²) in [6.07, 6.45) is 7.27. The third-order valence-electron chi connectivity index (χ3n) is 4.06. The molecule has 4 nitrogen and oxygen atoms in total. The van der Waals surface area contributed by atoms with E-state index in [1.54, 1.807) is 0 Å². The van der Waals surface area contributed by atoms with Crippen molar-refractivity contribution in [3.63, 3.8) is 0 Å². The van der Waals surface area contributed by atoms with Crippen LogP contribution in [0.15, 0.2) is 5.10 Å². The zero-order valence-corrected chi connectivity index (χ0v) is 12.0. The molecule has 0 aliphatic heterocycles. The Bertz CT molecular complexity index is 393. The Hall–Kier alpha value is -1.19. The van der Waals surface area contributed by atoms with E-state index < -0.39 is 0 Å². The van der Waals surface area contributed by atoms with Gasteiger partial charge in [-0.15, -0.1) is 0 Å². The highest BCUT2D eigenvalue weighted by Crippen LogP contribution is 2.31. The third kappa shape index (κ3) is 4.15. The average Bonchev–Trinajstić information content (AvgIpc) is 2.34. The maximum Gasteiger partial charge on any atom is 0.243 e. The quantitative estimate of drug-likeness (QED) is 0.780. The zero-order chi connectivity index (χ0) is 13.9. The number of carbonyl (C=O) groups excluding carboxylic acids is 2. The fraction of sp³-hybridized carbons (Fsp3) is 0.800. The first-order valence-corrected chi connectivity index (χ1v) is 7.33. The van der Waals surface area contributed by atoms with Crippen molar-refractivity contribution in [2.24, 2.45) is 16.4 Å². The first-order chi connectivity index (χ1) is 8.96. The van der Waals surface area contributed by atoms with E-state index in [9.17, 15) is 9.59 Å². The second kappa shape index (κ2) is 5.85. The minimum atomic E-state index is -0.0241. The molecule has 106 valence electrons. The van der Waals surface area contributed by atoms with Crippen LogP contribution in [0.2, 0.25) is 0 Å². The van der Waals surface area contributed by atoms with Gasteiger partial charge < -0.3 is 0 Å². The number of nitrogens with one attached hydrogen (secondary N) is 1. The fourth-order valence-corrected chi connectivity index (χ4v) is 3.17. The fourth-order valence-electron chi connectivity index (χ4n) is 3.17. The van der Waals surface area contributed by atoms with Crippen molar-refractivity contribution in [3.05, 3.63) is 0 Å². The van der Waals surface area contributed by atoms with E-state index in [0.29, 0.717) is 12.8 Å². The molecule has 1 N–H and O–H groups in total. The number of amides is 1. The summed E-state index contributed by atoms with van der Waals surface area (Å²) in [4.78, 5) is 23.6. The lowest BCUT2D eigenvalue weighted by molar-refractivity contribution is -0.126. The first kappa shape index (κ1) is 14.2. The van der Waals surface area contributed by atoms with Crippen molar-refractivity contribution >= 4 is 17.4 Å². The number of carbonyl (C=O) groups is 2. The molecule has 0 unspecified atom stereocenters. The Labute approximate surface area is 115 Å². The molecule has 0 heterocycles. The van der Waals surface area contributed by atoms with Crippen LogP contribution in [0.25, 0.3) is 0 Å². The predicted octanol–water partition coefficient (Wildman–Crippen LogP) is 2.82. The standard InChI is InChI=1S/C15H24N2O2/c1-15(2)9-12(8-13(18)10-15)16-17-14(19)11-6-4-3-5-7-11/h11H,3-10H2,1-2H3,(H,17,19)/b16-12+. The molecule has 0 spiro atoms. The molecular weight excluding hydrogens is 240 g/mol. The van der Waals surface area contributed by atoms with Crippen molar-refractivity contribution in [2.75, 3.05) is 0 Å². The Morgan fingerprint density at radius 3 is 2.53 bits per heavy atom. The summed E-state index contributed by atoms with van der Waals surface area (Å²) < 4.78 is 0. The number of rotatable bonds is 2. The van der Waals surface area contributed by atoms with Gasteiger partial charge >= 0.3 is 0 Å². The van der Waals surface area contributed by atoms with Crippen molar-refractivity contribution < 1.29 is 9.59 Å². The van der Waals surface area contributed by atoms with Gasteiger partial charge in [0, 0.05) is 24.5 Å². The number of ketones is 1. The Balaban J connectivity index is 1.90. The first-order valence-electron chi connectivity index (χ1n) is 7.33. The molecule has 2 aliphatic carbocycles. The van der Waals surface area contributed by atoms with Crippen LogP contribution >= 0.6 is 0 Å². The van der Waals surface area contributed by atoms with Gasteiger partial charge in [-0.3, -0.25) is 9.59 Å². The zero-order valence-electron chi connectivity index (χ0n) is 12.0. The monoisotopic (exact) mass is 264 g/mol. The van der Waals surface area contributed by atoms with E-state index in [2.05, 4.69) is 24.4 Å². The highest BCUT2D eigenvalue weighted by molar-refractivity contribution is 6.05. The molecule has 19 heavy (non-hydrogen) atoms. The van der Waals surface area contributed by atoms with E-state index in [4.69, 9.17) is 0 Å². The van der Waals surface area contributed by atoms with E-state index >= 15 is 0 Å². The van der Waals surface area contributed by atoms with Crippen LogP contribution in [0.3, 0.4) is 0 Å². The number of hydrogen-bond acceptors (Lipinski definition) is 3. The van der Waals surface area contributed by atoms with Gasteiger partial charge in [-0.25, -0.2) is 5.43 Å². The van der Waals surface area contributed by atoms with Gasteiger partial charge in [0.1, 0.15) is 5.78 Å². The molecule has 1 amide bonds. The number of Topliss-reactive ketones (excluding diaryl/α,β-unsaturated/α-hetero) is 1. The molecule has 0 aromatic rings. The molecule has 2 fully saturated rings. The highest BCUT2D eigenvalue weighted by Gasteiger charge is 2.30. The van der Waals surface area contributed by atoms with Gasteiger partial charge in [0.2, 0.25) is 5.91 Å². The van der Waals surface area contributed by atoms with Crippen LogP contribution in [0.4, 0.5) is 0 Å². The minimum Gasteiger partial charge on any atom is -0.299 e. The summed E-state index contributed by atoms with van der Waals surface area (Å²) >= 11 is 0. The smallest absolute Gasteiger partial charge is 0.243 e. The van der Waals surface area contributed by atoms with Crippen LogP contribution in [0.5, 0.6) is 0 Å². The van der Waals surface area contributed by atoms with E-state index in [1.165, 1.54) is 6.42 Å². The van der Waals surface area contributed by atoms with Gasteiger partial charge in [-0.1, -0.05) is 33.1 Å². The second-order valence-corrected chi connectivity index (χ2v) is 6.72. The van der Waals surface area contributed by atoms with Gasteiger partial charge in [0.25, 0.3) is 0 Å². The Morgan fingerprint density at radius 1 is 1.21 bits per heavy atom. The molecule has 2 saturated carbocycles. The van der Waals surface area contributed by atoms with Crippen molar-refractivity contribution in [2.45, 2.75) is 65.2 Å². The lowest BCUT2D eigenvalue weighted by Gasteiger charge is -2.29. The molecule has 2 rings (SSSR count). The summed E-state index contributed by atoms with van der Waals surface area (Å²) in [5.41, 5.74) is 3.48. The highest BCUT2D eigenvalue weighted by atomic mass is 16.2. The molecule has 0 radical (unpaired) electrons. The van der Waals surface area contributed by atoms with Crippen LogP contribution in [0, 0.1) is 11.3 Å². The normalized spacial score (nSPS) is 26.4. The number of nitrogens with zero attached hydrogens (tertiary/aromatic N) is 1. The van der Waals surface area contributed by atoms with Gasteiger partial charge in [-0.05, 0) is 24.7 Å². The summed E-state index contributed by atoms with van der Waals surface area (Å²) in [6, 6.07) is 0. The van der Waals surface area contributed by atoms with Gasteiger partial charge in [0.15, 0.2) is 0 Å². The average molecular weight is 264 g/mol. The number of hydrogen-bond donors (Lipinski definition) is 1. The topological polar surface area (TPSA) is 58.5 Å². The van der Waals surface area contributed by atoms with Gasteiger partial charge in [0.05, 0.1) is 0 Å². The molecule has 0 aromatic heterocycles. The van der Waals surface area contributed by atoms with Crippen LogP contribution in [-0.2, 0) is 9.59 Å². The van der Waals surface area contributed by atoms with Crippen LogP contribution < -0.4 is 5.43 Å². The summed E-state index contributed by atoms with van der Waals surface area (Å²) in [5, 5.41) is 4.20. The summed E-state index contributed by atoms with van der Waals surface area (Å²) in [5.74, 6) is 0.371. The lowest BCUT2D eigenvalue weighted by Crippen LogP contribution is -2.33. The molecular formula is C15H24N2O2. The molecule has 0 bridgehead atoms. The van der Waals surface area contributed by atoms with Crippen LogP contribution in [-0.4, -0.2) is 17.4 Å². The lowest BCUT2D eigenvalue weighted by atomic mass is 9.76. The maximum atomic E-state index is 12.0. The van der Waals surface area contributed by atoms with E-state index in [-0.39, 0.29) is 23.0 Å². The molecule has 2 aliphatic rings. The van der Waals surface area contributed by atoms with E-state index in [1.807, 2.05) is 0 Å². The number of hydrazone groups is 1. The van der Waals surface area contributed by atoms with Crippen molar-refractivity contribution in [1.29, 1.82) is 0 Å². The largest absolute Gasteiger partial charge is 0.299 e. The van der Waals surface area contributed by atoms with Crippen LogP contribution in [0.1, 0.15) is 65.2 Å². The molecule has 0 saturated heterocycles. The predicted molar refractivity (Wildman–Crippen MR) is 74.8 cm³/mol. The Kier molecular flexibility index (Phi) is 4.38. The van der Waals surface area contributed by atoms with Crippen molar-refractivity contribution in [1.82, 2.24) is 5.43 Å². The van der Waals surface area contributed by atoms with Gasteiger partial charge in [-0.2, -0.15) is 5.10 Å². The Morgan fingerprint density at radius 2 is 1.89 bits per heavy atom. The molecule has 4 heteroatoms. The van der Waals surface area contributed by atoms with E-state index in [0.717, 1.165) is 37.8 Å². The molecule has 0 aromatic carbocycles. The third-order valence-corrected chi connectivity index (χ3v) is 4.06.